The first kappa shape index (κ1) is 7.88. The van der Waals surface area contributed by atoms with Gasteiger partial charge < -0.3 is 11.2 Å². The van der Waals surface area contributed by atoms with Crippen LogP contribution in [0.5, 0.6) is 0 Å². The predicted octanol–water partition coefficient (Wildman–Crippen LogP) is 1.16. The molecule has 0 atom stereocenters. The summed E-state index contributed by atoms with van der Waals surface area (Å²) >= 11 is 0. The van der Waals surface area contributed by atoms with Crippen LogP contribution in [0.1, 0.15) is 0 Å². The quantitative estimate of drug-likeness (QED) is 0.492. The molecule has 0 spiro atoms. The van der Waals surface area contributed by atoms with Crippen molar-refractivity contribution in [1.82, 2.24) is 5.01 Å². The number of hydrogen-bond donors (Lipinski definition) is 2. The molecule has 0 aliphatic rings. The summed E-state index contributed by atoms with van der Waals surface area (Å²) < 4.78 is 0. The van der Waals surface area contributed by atoms with Gasteiger partial charge in [-0.3, -0.25) is 0 Å². The van der Waals surface area contributed by atoms with Gasteiger partial charge in [0.25, 0.3) is 0 Å². The smallest absolute Gasteiger partial charge is 0.0719 e. The lowest BCUT2D eigenvalue weighted by Gasteiger charge is -2.14. The number of para-hydroxylation sites is 2. The van der Waals surface area contributed by atoms with Crippen molar-refractivity contribution in [3.05, 3.63) is 24.3 Å². The zero-order chi connectivity index (χ0) is 8.27. The molecule has 0 aromatic heterocycles. The van der Waals surface area contributed by atoms with E-state index in [9.17, 15) is 0 Å². The number of hydrazine groups is 1. The van der Waals surface area contributed by atoms with Crippen LogP contribution in [-0.4, -0.2) is 19.1 Å². The van der Waals surface area contributed by atoms with Crippen molar-refractivity contribution in [2.75, 3.05) is 25.3 Å². The van der Waals surface area contributed by atoms with Gasteiger partial charge in [-0.2, -0.15) is 0 Å². The van der Waals surface area contributed by atoms with Gasteiger partial charge in [-0.1, -0.05) is 12.1 Å². The molecule has 0 saturated heterocycles. The van der Waals surface area contributed by atoms with Crippen molar-refractivity contribution in [3.63, 3.8) is 0 Å². The van der Waals surface area contributed by atoms with E-state index in [-0.39, 0.29) is 0 Å². The van der Waals surface area contributed by atoms with Crippen LogP contribution in [0.25, 0.3) is 0 Å². The summed E-state index contributed by atoms with van der Waals surface area (Å²) in [6.07, 6.45) is 0. The first-order valence-corrected chi connectivity index (χ1v) is 3.48. The molecule has 0 radical (unpaired) electrons. The zero-order valence-electron chi connectivity index (χ0n) is 6.83. The summed E-state index contributed by atoms with van der Waals surface area (Å²) in [5.41, 5.74) is 10.5. The number of nitrogens with two attached hydrogens (primary N) is 1. The summed E-state index contributed by atoms with van der Waals surface area (Å²) in [6.45, 7) is 0. The Hall–Kier alpha value is -1.22. The zero-order valence-corrected chi connectivity index (χ0v) is 6.83. The maximum absolute atomic E-state index is 5.68. The molecule has 0 saturated carbocycles. The van der Waals surface area contributed by atoms with E-state index >= 15 is 0 Å². The third-order valence-corrected chi connectivity index (χ3v) is 1.30. The molecule has 1 aromatic carbocycles. The van der Waals surface area contributed by atoms with Crippen LogP contribution in [0.3, 0.4) is 0 Å². The summed E-state index contributed by atoms with van der Waals surface area (Å²) in [5.74, 6) is 0. The Bertz CT molecular complexity index is 233. The molecule has 0 heterocycles. The number of anilines is 2. The molecule has 3 N–H and O–H groups in total. The van der Waals surface area contributed by atoms with E-state index in [0.29, 0.717) is 0 Å². The number of rotatable bonds is 2. The summed E-state index contributed by atoms with van der Waals surface area (Å²) in [7, 11) is 3.85. The molecule has 3 heteroatoms. The molecule has 3 nitrogen and oxygen atoms in total. The van der Waals surface area contributed by atoms with Gasteiger partial charge in [0.1, 0.15) is 0 Å². The monoisotopic (exact) mass is 151 g/mol. The Morgan fingerprint density at radius 1 is 1.27 bits per heavy atom. The molecule has 0 amide bonds. The predicted molar refractivity (Wildman–Crippen MR) is 48.2 cm³/mol. The van der Waals surface area contributed by atoms with Gasteiger partial charge in [0.05, 0.1) is 11.4 Å². The second kappa shape index (κ2) is 3.25. The minimum Gasteiger partial charge on any atom is -0.397 e. The van der Waals surface area contributed by atoms with Crippen molar-refractivity contribution in [2.24, 2.45) is 0 Å². The van der Waals surface area contributed by atoms with Gasteiger partial charge in [0, 0.05) is 14.1 Å². The minimum absolute atomic E-state index is 0.765. The molecule has 1 aromatic rings. The van der Waals surface area contributed by atoms with E-state index in [4.69, 9.17) is 5.73 Å². The van der Waals surface area contributed by atoms with Crippen molar-refractivity contribution in [2.45, 2.75) is 0 Å². The van der Waals surface area contributed by atoms with Gasteiger partial charge in [-0.05, 0) is 12.1 Å². The molecule has 0 aliphatic heterocycles. The second-order valence-corrected chi connectivity index (χ2v) is 2.59. The van der Waals surface area contributed by atoms with E-state index in [0.717, 1.165) is 11.4 Å². The molecule has 60 valence electrons. The maximum Gasteiger partial charge on any atom is 0.0719 e. The number of nitrogen functional groups attached to an aromatic ring is 1. The topological polar surface area (TPSA) is 41.3 Å². The SMILES string of the molecule is CN(C)Nc1ccccc1N. The fraction of sp³-hybridized carbons (Fsp3) is 0.250. The molecule has 0 fully saturated rings. The molecule has 0 aliphatic carbocycles. The second-order valence-electron chi connectivity index (χ2n) is 2.59. The van der Waals surface area contributed by atoms with Crippen LogP contribution in [-0.2, 0) is 0 Å². The van der Waals surface area contributed by atoms with E-state index in [1.165, 1.54) is 0 Å². The Morgan fingerprint density at radius 3 is 2.45 bits per heavy atom. The highest BCUT2D eigenvalue weighted by Crippen LogP contribution is 2.16. The summed E-state index contributed by atoms with van der Waals surface area (Å²) in [4.78, 5) is 0. The highest BCUT2D eigenvalue weighted by Gasteiger charge is 1.95. The summed E-state index contributed by atoms with van der Waals surface area (Å²) in [6, 6.07) is 7.67. The van der Waals surface area contributed by atoms with Crippen molar-refractivity contribution in [1.29, 1.82) is 0 Å². The van der Waals surface area contributed by atoms with E-state index in [2.05, 4.69) is 5.43 Å². The van der Waals surface area contributed by atoms with Gasteiger partial charge in [0.2, 0.25) is 0 Å². The highest BCUT2D eigenvalue weighted by molar-refractivity contribution is 5.64. The van der Waals surface area contributed by atoms with E-state index < -0.39 is 0 Å². The van der Waals surface area contributed by atoms with Gasteiger partial charge in [0.15, 0.2) is 0 Å². The average Bonchev–Trinajstić information content (AvgIpc) is 1.93. The number of benzene rings is 1. The third-order valence-electron chi connectivity index (χ3n) is 1.30. The van der Waals surface area contributed by atoms with Crippen molar-refractivity contribution < 1.29 is 0 Å². The van der Waals surface area contributed by atoms with E-state index in [1.54, 1.807) is 0 Å². The van der Waals surface area contributed by atoms with E-state index in [1.807, 2.05) is 43.4 Å². The van der Waals surface area contributed by atoms with Crippen LogP contribution in [0.15, 0.2) is 24.3 Å². The van der Waals surface area contributed by atoms with Crippen LogP contribution in [0, 0.1) is 0 Å². The summed E-state index contributed by atoms with van der Waals surface area (Å²) in [5, 5.41) is 1.85. The molecular weight excluding hydrogens is 138 g/mol. The standard InChI is InChI=1S/C8H13N3/c1-11(2)10-8-6-4-3-5-7(8)9/h3-6,10H,9H2,1-2H3. The molecular formula is C8H13N3. The Morgan fingerprint density at radius 2 is 1.91 bits per heavy atom. The lowest BCUT2D eigenvalue weighted by atomic mass is 10.3. The van der Waals surface area contributed by atoms with Crippen molar-refractivity contribution in [3.8, 4) is 0 Å². The lowest BCUT2D eigenvalue weighted by molar-refractivity contribution is 0.496. The van der Waals surface area contributed by atoms with Crippen LogP contribution in [0.4, 0.5) is 11.4 Å². The first-order chi connectivity index (χ1) is 5.20. The number of nitrogens with zero attached hydrogens (tertiary/aromatic N) is 1. The number of hydrogen-bond acceptors (Lipinski definition) is 3. The number of nitrogens with one attached hydrogen (secondary N) is 1. The Kier molecular flexibility index (Phi) is 2.33. The van der Waals surface area contributed by atoms with Gasteiger partial charge in [-0.25, -0.2) is 5.01 Å². The maximum atomic E-state index is 5.68. The Balaban J connectivity index is 2.78. The van der Waals surface area contributed by atoms with Gasteiger partial charge in [-0.15, -0.1) is 0 Å². The molecule has 0 unspecified atom stereocenters. The van der Waals surface area contributed by atoms with Crippen LogP contribution >= 0.6 is 0 Å². The fourth-order valence-electron chi connectivity index (χ4n) is 0.840. The highest BCUT2D eigenvalue weighted by atomic mass is 15.5. The van der Waals surface area contributed by atoms with Crippen LogP contribution in [0.2, 0.25) is 0 Å². The average molecular weight is 151 g/mol. The largest absolute Gasteiger partial charge is 0.397 e. The Labute approximate surface area is 66.8 Å². The van der Waals surface area contributed by atoms with Gasteiger partial charge >= 0.3 is 0 Å². The molecule has 0 bridgehead atoms. The lowest BCUT2D eigenvalue weighted by Crippen LogP contribution is -2.20. The normalized spacial score (nSPS) is 10.1. The fourth-order valence-corrected chi connectivity index (χ4v) is 0.840. The minimum atomic E-state index is 0.765. The van der Waals surface area contributed by atoms with Crippen molar-refractivity contribution >= 4 is 11.4 Å². The molecule has 1 rings (SSSR count). The first-order valence-electron chi connectivity index (χ1n) is 3.48. The van der Waals surface area contributed by atoms with Crippen LogP contribution < -0.4 is 11.2 Å². The third kappa shape index (κ3) is 2.13. The molecule has 11 heavy (non-hydrogen) atoms.